The van der Waals surface area contributed by atoms with Crippen LogP contribution in [0.4, 0.5) is 5.69 Å². The van der Waals surface area contributed by atoms with Gasteiger partial charge in [0.05, 0.1) is 10.6 Å². The molecule has 0 aliphatic rings. The molecule has 19 heavy (non-hydrogen) atoms. The maximum atomic E-state index is 11.3. The van der Waals surface area contributed by atoms with E-state index >= 15 is 0 Å². The van der Waals surface area contributed by atoms with Crippen molar-refractivity contribution in [3.05, 3.63) is 48.0 Å². The summed E-state index contributed by atoms with van der Waals surface area (Å²) in [6.45, 7) is 1.95. The molecule has 0 unspecified atom stereocenters. The molecule has 2 aromatic carbocycles. The van der Waals surface area contributed by atoms with Crippen molar-refractivity contribution in [2.45, 2.75) is 11.8 Å². The standard InChI is InChI=1S/C14H15NO3S/c1-10-3-8-14(13(15)9-10)18-11-4-6-12(7-5-11)19(2,16)17/h3-9H,15H2,1-2H3. The highest BCUT2D eigenvalue weighted by Crippen LogP contribution is 2.28. The average molecular weight is 277 g/mol. The first-order valence-electron chi connectivity index (χ1n) is 5.70. The molecule has 0 amide bonds. The van der Waals surface area contributed by atoms with E-state index in [-0.39, 0.29) is 4.90 Å². The third-order valence-electron chi connectivity index (χ3n) is 2.64. The second kappa shape index (κ2) is 4.93. The van der Waals surface area contributed by atoms with Crippen LogP contribution in [-0.2, 0) is 9.84 Å². The third-order valence-corrected chi connectivity index (χ3v) is 3.77. The third kappa shape index (κ3) is 3.26. The van der Waals surface area contributed by atoms with Gasteiger partial charge in [-0.25, -0.2) is 8.42 Å². The maximum absolute atomic E-state index is 11.3. The molecule has 2 aromatic rings. The fourth-order valence-corrected chi connectivity index (χ4v) is 2.27. The summed E-state index contributed by atoms with van der Waals surface area (Å²) >= 11 is 0. The fraction of sp³-hybridized carbons (Fsp3) is 0.143. The number of hydrogen-bond acceptors (Lipinski definition) is 4. The highest BCUT2D eigenvalue weighted by molar-refractivity contribution is 7.90. The first kappa shape index (κ1) is 13.4. The summed E-state index contributed by atoms with van der Waals surface area (Å²) in [5, 5.41) is 0. The Morgan fingerprint density at radius 3 is 2.21 bits per heavy atom. The minimum absolute atomic E-state index is 0.261. The van der Waals surface area contributed by atoms with Gasteiger partial charge in [-0.15, -0.1) is 0 Å². The van der Waals surface area contributed by atoms with Crippen molar-refractivity contribution in [2.24, 2.45) is 0 Å². The average Bonchev–Trinajstić information content (AvgIpc) is 2.32. The van der Waals surface area contributed by atoms with E-state index in [0.29, 0.717) is 17.2 Å². The van der Waals surface area contributed by atoms with Gasteiger partial charge in [0.2, 0.25) is 0 Å². The topological polar surface area (TPSA) is 69.4 Å². The molecule has 4 nitrogen and oxygen atoms in total. The van der Waals surface area contributed by atoms with Crippen LogP contribution < -0.4 is 10.5 Å². The van der Waals surface area contributed by atoms with Crippen LogP contribution in [0, 0.1) is 6.92 Å². The van der Waals surface area contributed by atoms with Crippen molar-refractivity contribution >= 4 is 15.5 Å². The predicted molar refractivity (Wildman–Crippen MR) is 75.2 cm³/mol. The molecule has 0 saturated heterocycles. The van der Waals surface area contributed by atoms with Gasteiger partial charge in [-0.1, -0.05) is 6.07 Å². The minimum Gasteiger partial charge on any atom is -0.455 e. The van der Waals surface area contributed by atoms with Crippen LogP contribution >= 0.6 is 0 Å². The summed E-state index contributed by atoms with van der Waals surface area (Å²) in [4.78, 5) is 0.261. The summed E-state index contributed by atoms with van der Waals surface area (Å²) in [5.74, 6) is 1.10. The molecular formula is C14H15NO3S. The van der Waals surface area contributed by atoms with Gasteiger partial charge < -0.3 is 10.5 Å². The first-order chi connectivity index (χ1) is 8.86. The molecule has 0 atom stereocenters. The smallest absolute Gasteiger partial charge is 0.175 e. The number of aryl methyl sites for hydroxylation is 1. The Hall–Kier alpha value is -2.01. The molecule has 2 N–H and O–H groups in total. The van der Waals surface area contributed by atoms with E-state index in [1.54, 1.807) is 18.2 Å². The van der Waals surface area contributed by atoms with E-state index in [1.807, 2.05) is 19.1 Å². The monoisotopic (exact) mass is 277 g/mol. The van der Waals surface area contributed by atoms with Crippen molar-refractivity contribution in [3.8, 4) is 11.5 Å². The van der Waals surface area contributed by atoms with Crippen LogP contribution in [0.25, 0.3) is 0 Å². The van der Waals surface area contributed by atoms with Crippen molar-refractivity contribution in [2.75, 3.05) is 12.0 Å². The number of anilines is 1. The van der Waals surface area contributed by atoms with Crippen LogP contribution in [0.3, 0.4) is 0 Å². The fourth-order valence-electron chi connectivity index (χ4n) is 1.64. The Morgan fingerprint density at radius 2 is 1.68 bits per heavy atom. The summed E-state index contributed by atoms with van der Waals surface area (Å²) < 4.78 is 28.3. The van der Waals surface area contributed by atoms with Crippen LogP contribution in [0.15, 0.2) is 47.4 Å². The van der Waals surface area contributed by atoms with Crippen molar-refractivity contribution in [1.82, 2.24) is 0 Å². The number of benzene rings is 2. The second-order valence-electron chi connectivity index (χ2n) is 4.39. The van der Waals surface area contributed by atoms with Gasteiger partial charge in [0, 0.05) is 6.26 Å². The molecule has 0 fully saturated rings. The number of rotatable bonds is 3. The zero-order chi connectivity index (χ0) is 14.0. The largest absolute Gasteiger partial charge is 0.455 e. The van der Waals surface area contributed by atoms with Gasteiger partial charge in [-0.05, 0) is 48.9 Å². The maximum Gasteiger partial charge on any atom is 0.175 e. The SMILES string of the molecule is Cc1ccc(Oc2ccc(S(C)(=O)=O)cc2)c(N)c1. The molecule has 0 radical (unpaired) electrons. The molecule has 0 aromatic heterocycles. The molecule has 0 aliphatic heterocycles. The summed E-state index contributed by atoms with van der Waals surface area (Å²) in [7, 11) is -3.19. The lowest BCUT2D eigenvalue weighted by Gasteiger charge is -2.09. The van der Waals surface area contributed by atoms with Crippen molar-refractivity contribution in [1.29, 1.82) is 0 Å². The van der Waals surface area contributed by atoms with Crippen molar-refractivity contribution < 1.29 is 13.2 Å². The van der Waals surface area contributed by atoms with Crippen LogP contribution in [-0.4, -0.2) is 14.7 Å². The Kier molecular flexibility index (Phi) is 3.48. The van der Waals surface area contributed by atoms with Gasteiger partial charge in [0.15, 0.2) is 9.84 Å². The van der Waals surface area contributed by atoms with Gasteiger partial charge >= 0.3 is 0 Å². The normalized spacial score (nSPS) is 11.3. The van der Waals surface area contributed by atoms with E-state index < -0.39 is 9.84 Å². The number of sulfone groups is 1. The number of hydrogen-bond donors (Lipinski definition) is 1. The molecule has 2 rings (SSSR count). The van der Waals surface area contributed by atoms with Gasteiger partial charge in [0.1, 0.15) is 11.5 Å². The second-order valence-corrected chi connectivity index (χ2v) is 6.40. The first-order valence-corrected chi connectivity index (χ1v) is 7.59. The predicted octanol–water partition coefficient (Wildman–Crippen LogP) is 2.77. The number of nitrogen functional groups attached to an aromatic ring is 1. The quantitative estimate of drug-likeness (QED) is 0.876. The number of ether oxygens (including phenoxy) is 1. The zero-order valence-corrected chi connectivity index (χ0v) is 11.6. The summed E-state index contributed by atoms with van der Waals surface area (Å²) in [5.41, 5.74) is 7.45. The summed E-state index contributed by atoms with van der Waals surface area (Å²) in [6, 6.07) is 11.7. The Bertz CT molecular complexity index is 691. The molecule has 0 spiro atoms. The Balaban J connectivity index is 2.25. The summed E-state index contributed by atoms with van der Waals surface area (Å²) in [6.07, 6.45) is 1.17. The highest BCUT2D eigenvalue weighted by Gasteiger charge is 2.07. The van der Waals surface area contributed by atoms with Crippen LogP contribution in [0.2, 0.25) is 0 Å². The van der Waals surface area contributed by atoms with E-state index in [1.165, 1.54) is 18.4 Å². The van der Waals surface area contributed by atoms with Gasteiger partial charge in [-0.3, -0.25) is 0 Å². The van der Waals surface area contributed by atoms with Gasteiger partial charge in [-0.2, -0.15) is 0 Å². The van der Waals surface area contributed by atoms with E-state index in [2.05, 4.69) is 0 Å². The molecule has 5 heteroatoms. The van der Waals surface area contributed by atoms with E-state index in [4.69, 9.17) is 10.5 Å². The van der Waals surface area contributed by atoms with Crippen LogP contribution in [0.5, 0.6) is 11.5 Å². The van der Waals surface area contributed by atoms with E-state index in [9.17, 15) is 8.42 Å². The highest BCUT2D eigenvalue weighted by atomic mass is 32.2. The Labute approximate surface area is 112 Å². The zero-order valence-electron chi connectivity index (χ0n) is 10.8. The molecule has 0 bridgehead atoms. The Morgan fingerprint density at radius 1 is 1.05 bits per heavy atom. The van der Waals surface area contributed by atoms with E-state index in [0.717, 1.165) is 5.56 Å². The molecule has 100 valence electrons. The molecule has 0 aliphatic carbocycles. The number of nitrogens with two attached hydrogens (primary N) is 1. The lowest BCUT2D eigenvalue weighted by atomic mass is 10.2. The lowest BCUT2D eigenvalue weighted by Crippen LogP contribution is -1.97. The van der Waals surface area contributed by atoms with Crippen molar-refractivity contribution in [3.63, 3.8) is 0 Å². The van der Waals surface area contributed by atoms with Gasteiger partial charge in [0.25, 0.3) is 0 Å². The van der Waals surface area contributed by atoms with Crippen LogP contribution in [0.1, 0.15) is 5.56 Å². The lowest BCUT2D eigenvalue weighted by molar-refractivity contribution is 0.484. The molecule has 0 saturated carbocycles. The molecular weight excluding hydrogens is 262 g/mol. The minimum atomic E-state index is -3.19. The molecule has 0 heterocycles.